The summed E-state index contributed by atoms with van der Waals surface area (Å²) < 4.78 is 1.28. The molecule has 130 valence electrons. The number of aromatic nitrogens is 2. The van der Waals surface area contributed by atoms with Crippen molar-refractivity contribution >= 4 is 27.5 Å². The first-order chi connectivity index (χ1) is 11.4. The highest BCUT2D eigenvalue weighted by Crippen LogP contribution is 2.32. The summed E-state index contributed by atoms with van der Waals surface area (Å²) in [6.45, 7) is 7.61. The molecule has 2 aromatic heterocycles. The number of rotatable bonds is 4. The molecule has 6 nitrogen and oxygen atoms in total. The quantitative estimate of drug-likeness (QED) is 0.918. The van der Waals surface area contributed by atoms with Crippen LogP contribution in [0.5, 0.6) is 0 Å². The number of nitrogens with zero attached hydrogens (tertiary/aromatic N) is 2. The van der Waals surface area contributed by atoms with Crippen molar-refractivity contribution in [3.63, 3.8) is 0 Å². The molecule has 0 saturated carbocycles. The summed E-state index contributed by atoms with van der Waals surface area (Å²) in [6, 6.07) is 0. The Hall–Kier alpha value is -1.89. The van der Waals surface area contributed by atoms with Crippen molar-refractivity contribution in [1.29, 1.82) is 0 Å². The molecule has 0 spiro atoms. The van der Waals surface area contributed by atoms with Gasteiger partial charge >= 0.3 is 5.69 Å². The van der Waals surface area contributed by atoms with Crippen LogP contribution in [0.2, 0.25) is 0 Å². The molecule has 0 atom stereocenters. The van der Waals surface area contributed by atoms with E-state index in [-0.39, 0.29) is 17.2 Å². The van der Waals surface area contributed by atoms with Crippen LogP contribution in [0.3, 0.4) is 0 Å². The molecule has 3 heterocycles. The first-order valence-corrected chi connectivity index (χ1v) is 9.29. The van der Waals surface area contributed by atoms with Gasteiger partial charge in [-0.2, -0.15) is 0 Å². The van der Waals surface area contributed by atoms with Gasteiger partial charge < -0.3 is 4.90 Å². The van der Waals surface area contributed by atoms with Crippen LogP contribution in [-0.2, 0) is 24.3 Å². The van der Waals surface area contributed by atoms with Gasteiger partial charge in [0.05, 0.1) is 11.9 Å². The molecule has 1 N–H and O–H groups in total. The summed E-state index contributed by atoms with van der Waals surface area (Å²) in [5, 5.41) is 0.638. The van der Waals surface area contributed by atoms with E-state index in [0.717, 1.165) is 16.9 Å². The molecule has 0 saturated heterocycles. The molecule has 0 aromatic carbocycles. The van der Waals surface area contributed by atoms with Gasteiger partial charge in [-0.25, -0.2) is 4.79 Å². The lowest BCUT2D eigenvalue weighted by Gasteiger charge is -2.27. The van der Waals surface area contributed by atoms with Gasteiger partial charge in [0.15, 0.2) is 0 Å². The second kappa shape index (κ2) is 6.55. The molecule has 1 aliphatic rings. The van der Waals surface area contributed by atoms with Crippen LogP contribution in [-0.4, -0.2) is 26.9 Å². The van der Waals surface area contributed by atoms with E-state index in [0.29, 0.717) is 48.6 Å². The third kappa shape index (κ3) is 2.92. The van der Waals surface area contributed by atoms with Crippen LogP contribution in [0.25, 0.3) is 10.2 Å². The van der Waals surface area contributed by atoms with Gasteiger partial charge in [0.25, 0.3) is 5.56 Å². The molecule has 3 rings (SSSR count). The Kier molecular flexibility index (Phi) is 4.62. The number of nitrogens with one attached hydrogen (secondary N) is 1. The van der Waals surface area contributed by atoms with E-state index >= 15 is 0 Å². The smallest absolute Gasteiger partial charge is 0.329 e. The molecular formula is C17H23N3O3S. The zero-order valence-corrected chi connectivity index (χ0v) is 15.2. The Balaban J connectivity index is 2.01. The zero-order chi connectivity index (χ0) is 17.4. The van der Waals surface area contributed by atoms with Gasteiger partial charge in [0.1, 0.15) is 4.83 Å². The Morgan fingerprint density at radius 3 is 2.75 bits per heavy atom. The highest BCUT2D eigenvalue weighted by atomic mass is 32.1. The minimum absolute atomic E-state index is 0.157. The molecule has 7 heteroatoms. The van der Waals surface area contributed by atoms with Crippen molar-refractivity contribution in [2.45, 2.75) is 53.1 Å². The lowest BCUT2D eigenvalue weighted by molar-refractivity contribution is -0.132. The van der Waals surface area contributed by atoms with E-state index in [2.05, 4.69) is 4.98 Å². The zero-order valence-electron chi connectivity index (χ0n) is 14.3. The van der Waals surface area contributed by atoms with Crippen LogP contribution >= 0.6 is 11.3 Å². The number of carbonyl (C=O) groups is 1. The van der Waals surface area contributed by atoms with E-state index in [9.17, 15) is 14.4 Å². The van der Waals surface area contributed by atoms with Crippen molar-refractivity contribution in [2.24, 2.45) is 5.92 Å². The fourth-order valence-electron chi connectivity index (χ4n) is 3.23. The summed E-state index contributed by atoms with van der Waals surface area (Å²) in [5.41, 5.74) is 0.463. The Morgan fingerprint density at radius 1 is 1.33 bits per heavy atom. The monoisotopic (exact) mass is 349 g/mol. The predicted molar refractivity (Wildman–Crippen MR) is 95.6 cm³/mol. The van der Waals surface area contributed by atoms with Crippen LogP contribution in [0, 0.1) is 5.92 Å². The second-order valence-electron chi connectivity index (χ2n) is 6.76. The molecule has 0 fully saturated rings. The maximum Gasteiger partial charge on any atom is 0.329 e. The number of fused-ring (bicyclic) bond motifs is 3. The minimum Gasteiger partial charge on any atom is -0.337 e. The van der Waals surface area contributed by atoms with Crippen LogP contribution in [0.15, 0.2) is 9.59 Å². The normalized spacial score (nSPS) is 14.4. The van der Waals surface area contributed by atoms with E-state index in [1.54, 1.807) is 0 Å². The number of H-pyrrole nitrogens is 1. The number of aromatic amines is 1. The van der Waals surface area contributed by atoms with Crippen molar-refractivity contribution in [3.05, 3.63) is 31.3 Å². The van der Waals surface area contributed by atoms with Gasteiger partial charge in [-0.15, -0.1) is 11.3 Å². The number of carbonyl (C=O) groups excluding carboxylic acids is 1. The number of thiophene rings is 1. The molecule has 0 unspecified atom stereocenters. The Labute approximate surface area is 144 Å². The molecule has 1 amide bonds. The third-order valence-corrected chi connectivity index (χ3v) is 5.50. The van der Waals surface area contributed by atoms with Gasteiger partial charge in [-0.05, 0) is 24.3 Å². The largest absolute Gasteiger partial charge is 0.337 e. The first-order valence-electron chi connectivity index (χ1n) is 8.47. The average Bonchev–Trinajstić information content (AvgIpc) is 2.87. The Morgan fingerprint density at radius 2 is 2.08 bits per heavy atom. The van der Waals surface area contributed by atoms with Crippen molar-refractivity contribution in [1.82, 2.24) is 14.5 Å². The fraction of sp³-hybridized carbons (Fsp3) is 0.588. The maximum absolute atomic E-state index is 12.7. The van der Waals surface area contributed by atoms with E-state index < -0.39 is 0 Å². The topological polar surface area (TPSA) is 75.2 Å². The summed E-state index contributed by atoms with van der Waals surface area (Å²) in [7, 11) is 0. The van der Waals surface area contributed by atoms with Crippen LogP contribution < -0.4 is 11.2 Å². The first kappa shape index (κ1) is 17.0. The summed E-state index contributed by atoms with van der Waals surface area (Å²) in [6.07, 6.45) is 1.95. The average molecular weight is 349 g/mol. The Bertz CT molecular complexity index is 891. The molecule has 0 aliphatic carbocycles. The fourth-order valence-corrected chi connectivity index (χ4v) is 4.47. The van der Waals surface area contributed by atoms with Crippen molar-refractivity contribution < 1.29 is 4.79 Å². The number of amides is 1. The summed E-state index contributed by atoms with van der Waals surface area (Å²) in [4.78, 5) is 43.5. The third-order valence-electron chi connectivity index (χ3n) is 4.36. The predicted octanol–water partition coefficient (Wildman–Crippen LogP) is 2.09. The molecular weight excluding hydrogens is 326 g/mol. The molecule has 2 aromatic rings. The minimum atomic E-state index is -0.347. The van der Waals surface area contributed by atoms with Crippen LogP contribution in [0.4, 0.5) is 0 Å². The highest BCUT2D eigenvalue weighted by molar-refractivity contribution is 7.18. The SMILES string of the molecule is CCCn1c(=O)[nH]c2sc3c(c2c1=O)CCN(C(=O)CC(C)C)C3. The molecule has 1 aliphatic heterocycles. The summed E-state index contributed by atoms with van der Waals surface area (Å²) >= 11 is 1.43. The van der Waals surface area contributed by atoms with Gasteiger partial charge in [-0.3, -0.25) is 19.1 Å². The lowest BCUT2D eigenvalue weighted by atomic mass is 10.0. The van der Waals surface area contributed by atoms with E-state index in [1.165, 1.54) is 15.9 Å². The molecule has 0 radical (unpaired) electrons. The lowest BCUT2D eigenvalue weighted by Crippen LogP contribution is -2.37. The number of hydrogen-bond donors (Lipinski definition) is 1. The highest BCUT2D eigenvalue weighted by Gasteiger charge is 2.26. The van der Waals surface area contributed by atoms with E-state index in [1.807, 2.05) is 25.7 Å². The second-order valence-corrected chi connectivity index (χ2v) is 7.86. The molecule has 24 heavy (non-hydrogen) atoms. The van der Waals surface area contributed by atoms with Gasteiger partial charge in [0, 0.05) is 24.4 Å². The van der Waals surface area contributed by atoms with Crippen molar-refractivity contribution in [2.75, 3.05) is 6.54 Å². The van der Waals surface area contributed by atoms with Gasteiger partial charge in [0.2, 0.25) is 5.91 Å². The van der Waals surface area contributed by atoms with Crippen LogP contribution in [0.1, 0.15) is 44.1 Å². The van der Waals surface area contributed by atoms with Crippen molar-refractivity contribution in [3.8, 4) is 0 Å². The van der Waals surface area contributed by atoms with E-state index in [4.69, 9.17) is 0 Å². The maximum atomic E-state index is 12.7. The number of hydrogen-bond acceptors (Lipinski definition) is 4. The van der Waals surface area contributed by atoms with Gasteiger partial charge in [-0.1, -0.05) is 20.8 Å². The summed E-state index contributed by atoms with van der Waals surface area (Å²) in [5.74, 6) is 0.490. The molecule has 0 bridgehead atoms. The standard InChI is InChI=1S/C17H23N3O3S/c1-4-6-20-16(22)14-11-5-7-19(13(21)8-10(2)3)9-12(11)24-15(14)18-17(20)23/h10H,4-9H2,1-3H3,(H,18,23).